The lowest BCUT2D eigenvalue weighted by Gasteiger charge is -2.17. The van der Waals surface area contributed by atoms with Crippen LogP contribution < -0.4 is 0 Å². The van der Waals surface area contributed by atoms with Crippen LogP contribution in [0.15, 0.2) is 0 Å². The highest BCUT2D eigenvalue weighted by molar-refractivity contribution is 7.11. The van der Waals surface area contributed by atoms with E-state index in [1.807, 2.05) is 13.8 Å². The molecule has 0 amide bonds. The number of hydrogen-bond acceptors (Lipinski definition) is 3. The van der Waals surface area contributed by atoms with Gasteiger partial charge in [-0.25, -0.2) is 4.98 Å². The number of hydrogen-bond donors (Lipinski definition) is 1. The molecule has 1 aliphatic carbocycles. The van der Waals surface area contributed by atoms with E-state index in [0.717, 1.165) is 10.6 Å². The molecule has 0 radical (unpaired) electrons. The first-order chi connectivity index (χ1) is 8.18. The molecule has 1 fully saturated rings. The Labute approximate surface area is 108 Å². The summed E-state index contributed by atoms with van der Waals surface area (Å²) in [5.41, 5.74) is 1.03. The van der Waals surface area contributed by atoms with Crippen LogP contribution in [0.25, 0.3) is 0 Å². The van der Waals surface area contributed by atoms with Crippen molar-refractivity contribution in [1.29, 1.82) is 0 Å². The van der Waals surface area contributed by atoms with E-state index in [0.29, 0.717) is 5.92 Å². The molecule has 0 aromatic carbocycles. The summed E-state index contributed by atoms with van der Waals surface area (Å²) in [5, 5.41) is 11.0. The summed E-state index contributed by atoms with van der Waals surface area (Å²) in [7, 11) is 0. The van der Waals surface area contributed by atoms with Crippen molar-refractivity contribution in [3.05, 3.63) is 15.6 Å². The van der Waals surface area contributed by atoms with Crippen molar-refractivity contribution < 1.29 is 5.11 Å². The molecule has 1 aromatic rings. The second kappa shape index (κ2) is 5.96. The van der Waals surface area contributed by atoms with Crippen LogP contribution in [0, 0.1) is 6.92 Å². The third kappa shape index (κ3) is 3.29. The topological polar surface area (TPSA) is 33.1 Å². The minimum atomic E-state index is -0.366. The number of thiazole rings is 1. The minimum absolute atomic E-state index is 0.366. The zero-order valence-electron chi connectivity index (χ0n) is 10.9. The van der Waals surface area contributed by atoms with E-state index >= 15 is 0 Å². The lowest BCUT2D eigenvalue weighted by Crippen LogP contribution is -2.01. The molecule has 0 spiro atoms. The van der Waals surface area contributed by atoms with Gasteiger partial charge in [0, 0.05) is 5.92 Å². The van der Waals surface area contributed by atoms with Gasteiger partial charge in [0.05, 0.1) is 21.7 Å². The number of rotatable bonds is 2. The Morgan fingerprint density at radius 2 is 1.76 bits per heavy atom. The maximum atomic E-state index is 9.69. The Morgan fingerprint density at radius 1 is 1.18 bits per heavy atom. The van der Waals surface area contributed by atoms with Crippen molar-refractivity contribution in [2.45, 2.75) is 70.8 Å². The van der Waals surface area contributed by atoms with E-state index in [-0.39, 0.29) is 6.10 Å². The number of aryl methyl sites for hydroxylation is 1. The molecule has 1 heterocycles. The molecule has 0 aliphatic heterocycles. The van der Waals surface area contributed by atoms with Gasteiger partial charge < -0.3 is 5.11 Å². The van der Waals surface area contributed by atoms with Crippen LogP contribution in [0.4, 0.5) is 0 Å². The van der Waals surface area contributed by atoms with E-state index in [4.69, 9.17) is 0 Å². The molecule has 1 unspecified atom stereocenters. The molecule has 96 valence electrons. The average molecular weight is 253 g/mol. The molecule has 2 nitrogen and oxygen atoms in total. The van der Waals surface area contributed by atoms with Crippen LogP contribution in [-0.4, -0.2) is 10.1 Å². The van der Waals surface area contributed by atoms with Crippen LogP contribution in [-0.2, 0) is 0 Å². The van der Waals surface area contributed by atoms with Gasteiger partial charge in [-0.15, -0.1) is 11.3 Å². The summed E-state index contributed by atoms with van der Waals surface area (Å²) in [6.45, 7) is 3.85. The molecular weight excluding hydrogens is 230 g/mol. The Kier molecular flexibility index (Phi) is 4.57. The number of aliphatic hydroxyl groups is 1. The van der Waals surface area contributed by atoms with Gasteiger partial charge >= 0.3 is 0 Å². The standard InChI is InChI=1S/C14H23NOS/c1-10-13(11(2)16)17-14(15-10)12-8-6-4-3-5-7-9-12/h11-12,16H,3-9H2,1-2H3. The molecule has 1 N–H and O–H groups in total. The normalized spacial score (nSPS) is 20.9. The van der Waals surface area contributed by atoms with Crippen LogP contribution in [0.2, 0.25) is 0 Å². The Morgan fingerprint density at radius 3 is 2.29 bits per heavy atom. The molecule has 0 bridgehead atoms. The highest BCUT2D eigenvalue weighted by Gasteiger charge is 2.20. The fourth-order valence-electron chi connectivity index (χ4n) is 2.70. The Balaban J connectivity index is 2.11. The number of nitrogens with zero attached hydrogens (tertiary/aromatic N) is 1. The lowest BCUT2D eigenvalue weighted by molar-refractivity contribution is 0.202. The summed E-state index contributed by atoms with van der Waals surface area (Å²) >= 11 is 1.73. The lowest BCUT2D eigenvalue weighted by atomic mass is 9.92. The van der Waals surface area contributed by atoms with Crippen LogP contribution in [0.5, 0.6) is 0 Å². The highest BCUT2D eigenvalue weighted by atomic mass is 32.1. The highest BCUT2D eigenvalue weighted by Crippen LogP contribution is 2.36. The zero-order chi connectivity index (χ0) is 12.3. The number of aromatic nitrogens is 1. The van der Waals surface area contributed by atoms with Crippen molar-refractivity contribution in [3.8, 4) is 0 Å². The predicted octanol–water partition coefficient (Wildman–Crippen LogP) is 4.33. The second-order valence-corrected chi connectivity index (χ2v) is 6.28. The third-order valence-corrected chi connectivity index (χ3v) is 5.17. The van der Waals surface area contributed by atoms with E-state index in [9.17, 15) is 5.11 Å². The van der Waals surface area contributed by atoms with Crippen molar-refractivity contribution in [1.82, 2.24) is 4.98 Å². The molecule has 2 rings (SSSR count). The van der Waals surface area contributed by atoms with Gasteiger partial charge in [-0.05, 0) is 26.7 Å². The smallest absolute Gasteiger partial charge is 0.0962 e. The van der Waals surface area contributed by atoms with Gasteiger partial charge in [0.25, 0.3) is 0 Å². The summed E-state index contributed by atoms with van der Waals surface area (Å²) in [6.07, 6.45) is 9.05. The SMILES string of the molecule is Cc1nc(C2CCCCCCC2)sc1C(C)O. The van der Waals surface area contributed by atoms with Crippen molar-refractivity contribution in [2.24, 2.45) is 0 Å². The summed E-state index contributed by atoms with van der Waals surface area (Å²) in [6, 6.07) is 0. The van der Waals surface area contributed by atoms with Crippen LogP contribution in [0.3, 0.4) is 0 Å². The first kappa shape index (κ1) is 13.0. The Bertz CT molecular complexity index is 351. The predicted molar refractivity (Wildman–Crippen MR) is 72.5 cm³/mol. The van der Waals surface area contributed by atoms with E-state index < -0.39 is 0 Å². The van der Waals surface area contributed by atoms with Crippen molar-refractivity contribution in [3.63, 3.8) is 0 Å². The van der Waals surface area contributed by atoms with Gasteiger partial charge in [-0.1, -0.05) is 32.1 Å². The molecule has 17 heavy (non-hydrogen) atoms. The van der Waals surface area contributed by atoms with Crippen molar-refractivity contribution in [2.75, 3.05) is 0 Å². The van der Waals surface area contributed by atoms with Crippen molar-refractivity contribution >= 4 is 11.3 Å². The van der Waals surface area contributed by atoms with E-state index in [1.54, 1.807) is 11.3 Å². The van der Waals surface area contributed by atoms with Gasteiger partial charge in [0.1, 0.15) is 0 Å². The van der Waals surface area contributed by atoms with Crippen LogP contribution in [0.1, 0.15) is 79.5 Å². The van der Waals surface area contributed by atoms with E-state index in [1.165, 1.54) is 50.0 Å². The third-order valence-electron chi connectivity index (χ3n) is 3.68. The first-order valence-corrected chi connectivity index (χ1v) is 7.65. The molecule has 1 aliphatic rings. The summed E-state index contributed by atoms with van der Waals surface area (Å²) in [4.78, 5) is 5.74. The summed E-state index contributed by atoms with van der Waals surface area (Å²) in [5.74, 6) is 0.645. The molecule has 1 saturated carbocycles. The van der Waals surface area contributed by atoms with E-state index in [2.05, 4.69) is 4.98 Å². The van der Waals surface area contributed by atoms with Gasteiger partial charge in [-0.2, -0.15) is 0 Å². The maximum Gasteiger partial charge on any atom is 0.0962 e. The quantitative estimate of drug-likeness (QED) is 0.851. The van der Waals surface area contributed by atoms with Crippen LogP contribution >= 0.6 is 11.3 Å². The average Bonchev–Trinajstić information content (AvgIpc) is 2.59. The summed E-state index contributed by atoms with van der Waals surface area (Å²) < 4.78 is 0. The largest absolute Gasteiger partial charge is 0.388 e. The molecule has 1 aromatic heterocycles. The van der Waals surface area contributed by atoms with Gasteiger partial charge in [0.15, 0.2) is 0 Å². The van der Waals surface area contributed by atoms with Gasteiger partial charge in [0.2, 0.25) is 0 Å². The molecule has 0 saturated heterocycles. The fraction of sp³-hybridized carbons (Fsp3) is 0.786. The first-order valence-electron chi connectivity index (χ1n) is 6.83. The fourth-order valence-corrected chi connectivity index (χ4v) is 3.87. The maximum absolute atomic E-state index is 9.69. The minimum Gasteiger partial charge on any atom is -0.388 e. The zero-order valence-corrected chi connectivity index (χ0v) is 11.7. The number of aliphatic hydroxyl groups excluding tert-OH is 1. The Hall–Kier alpha value is -0.410. The van der Waals surface area contributed by atoms with Gasteiger partial charge in [-0.3, -0.25) is 0 Å². The molecular formula is C14H23NOS. The molecule has 3 heteroatoms. The molecule has 1 atom stereocenters. The second-order valence-electron chi connectivity index (χ2n) is 5.22. The monoisotopic (exact) mass is 253 g/mol.